The fourth-order valence-corrected chi connectivity index (χ4v) is 1.19. The van der Waals surface area contributed by atoms with Gasteiger partial charge >= 0.3 is 0 Å². The van der Waals surface area contributed by atoms with Gasteiger partial charge in [0, 0.05) is 0 Å². The molecule has 1 unspecified atom stereocenters. The van der Waals surface area contributed by atoms with E-state index in [0.717, 1.165) is 5.92 Å². The van der Waals surface area contributed by atoms with Crippen LogP contribution >= 0.6 is 0 Å². The number of unbranched alkanes of at least 4 members (excludes halogenated alkanes) is 1. The van der Waals surface area contributed by atoms with Gasteiger partial charge in [0.15, 0.2) is 0 Å². The van der Waals surface area contributed by atoms with E-state index in [1.807, 2.05) is 0 Å². The quantitative estimate of drug-likeness (QED) is 0.545. The molecule has 0 aromatic carbocycles. The lowest BCUT2D eigenvalue weighted by atomic mass is 10.00. The standard InChI is InChI=1S/C9H20.C3H8/c1-4-6-8-9(3)7-5-2;1-3-2/h9H,4-8H2,1-3H3;3H2,1-2H3. The van der Waals surface area contributed by atoms with E-state index in [-0.39, 0.29) is 0 Å². The Morgan fingerprint density at radius 1 is 0.833 bits per heavy atom. The molecule has 12 heavy (non-hydrogen) atoms. The van der Waals surface area contributed by atoms with Crippen LogP contribution < -0.4 is 0 Å². The third-order valence-corrected chi connectivity index (χ3v) is 1.83. The number of rotatable bonds is 5. The first-order valence-electron chi connectivity index (χ1n) is 5.72. The summed E-state index contributed by atoms with van der Waals surface area (Å²) in [6.07, 6.45) is 8.23. The molecule has 0 aromatic rings. The first-order chi connectivity index (χ1) is 5.72. The van der Waals surface area contributed by atoms with Crippen molar-refractivity contribution in [3.8, 4) is 0 Å². The summed E-state index contributed by atoms with van der Waals surface area (Å²) in [5.74, 6) is 0.968. The topological polar surface area (TPSA) is 0 Å². The zero-order valence-electron chi connectivity index (χ0n) is 9.82. The van der Waals surface area contributed by atoms with Crippen LogP contribution in [0.4, 0.5) is 0 Å². The molecule has 0 amide bonds. The summed E-state index contributed by atoms with van der Waals surface area (Å²) in [6.45, 7) is 11.1. The van der Waals surface area contributed by atoms with Crippen molar-refractivity contribution in [2.24, 2.45) is 5.92 Å². The minimum atomic E-state index is 0.968. The molecular weight excluding hydrogens is 144 g/mol. The van der Waals surface area contributed by atoms with Crippen molar-refractivity contribution < 1.29 is 0 Å². The first-order valence-corrected chi connectivity index (χ1v) is 5.72. The molecule has 0 rings (SSSR count). The Morgan fingerprint density at radius 2 is 1.33 bits per heavy atom. The van der Waals surface area contributed by atoms with Gasteiger partial charge in [-0.05, 0) is 5.92 Å². The average molecular weight is 172 g/mol. The Bertz CT molecular complexity index is 57.1. The third-order valence-electron chi connectivity index (χ3n) is 1.83. The van der Waals surface area contributed by atoms with Gasteiger partial charge in [-0.3, -0.25) is 0 Å². The van der Waals surface area contributed by atoms with Gasteiger partial charge in [0.25, 0.3) is 0 Å². The zero-order valence-corrected chi connectivity index (χ0v) is 9.82. The molecule has 0 aromatic heterocycles. The van der Waals surface area contributed by atoms with Crippen LogP contribution in [0.15, 0.2) is 0 Å². The predicted molar refractivity (Wildman–Crippen MR) is 59.6 cm³/mol. The van der Waals surface area contributed by atoms with E-state index < -0.39 is 0 Å². The second-order valence-electron chi connectivity index (χ2n) is 3.74. The van der Waals surface area contributed by atoms with E-state index in [1.165, 1.54) is 38.5 Å². The van der Waals surface area contributed by atoms with Gasteiger partial charge in [-0.2, -0.15) is 0 Å². The van der Waals surface area contributed by atoms with Gasteiger partial charge in [-0.15, -0.1) is 0 Å². The summed E-state index contributed by atoms with van der Waals surface area (Å²) in [4.78, 5) is 0. The van der Waals surface area contributed by atoms with Crippen molar-refractivity contribution >= 4 is 0 Å². The molecule has 76 valence electrons. The van der Waals surface area contributed by atoms with Crippen molar-refractivity contribution in [2.45, 2.75) is 73.1 Å². The van der Waals surface area contributed by atoms with Crippen LogP contribution in [-0.2, 0) is 0 Å². The highest BCUT2D eigenvalue weighted by atomic mass is 14.0. The fraction of sp³-hybridized carbons (Fsp3) is 1.00. The molecule has 0 aliphatic rings. The Kier molecular flexibility index (Phi) is 16.4. The summed E-state index contributed by atoms with van der Waals surface area (Å²) in [5, 5.41) is 0. The molecular formula is C12H28. The molecule has 0 bridgehead atoms. The van der Waals surface area contributed by atoms with Crippen molar-refractivity contribution in [3.05, 3.63) is 0 Å². The van der Waals surface area contributed by atoms with Crippen LogP contribution in [0.25, 0.3) is 0 Å². The maximum atomic E-state index is 2.36. The van der Waals surface area contributed by atoms with Gasteiger partial charge in [-0.1, -0.05) is 73.1 Å². The summed E-state index contributed by atoms with van der Waals surface area (Å²) in [5.41, 5.74) is 0. The lowest BCUT2D eigenvalue weighted by Crippen LogP contribution is -1.92. The molecule has 0 nitrogen and oxygen atoms in total. The second kappa shape index (κ2) is 13.6. The monoisotopic (exact) mass is 172 g/mol. The lowest BCUT2D eigenvalue weighted by Gasteiger charge is -2.07. The predicted octanol–water partition coefficient (Wildman–Crippen LogP) is 5.03. The Labute approximate surface area is 79.8 Å². The van der Waals surface area contributed by atoms with Crippen molar-refractivity contribution in [3.63, 3.8) is 0 Å². The maximum absolute atomic E-state index is 2.36. The van der Waals surface area contributed by atoms with E-state index >= 15 is 0 Å². The van der Waals surface area contributed by atoms with Gasteiger partial charge in [-0.25, -0.2) is 0 Å². The summed E-state index contributed by atoms with van der Waals surface area (Å²) >= 11 is 0. The Morgan fingerprint density at radius 3 is 1.67 bits per heavy atom. The van der Waals surface area contributed by atoms with Gasteiger partial charge in [0.1, 0.15) is 0 Å². The van der Waals surface area contributed by atoms with Crippen molar-refractivity contribution in [1.82, 2.24) is 0 Å². The molecule has 0 heterocycles. The van der Waals surface area contributed by atoms with E-state index in [4.69, 9.17) is 0 Å². The van der Waals surface area contributed by atoms with Crippen molar-refractivity contribution in [2.75, 3.05) is 0 Å². The van der Waals surface area contributed by atoms with Crippen LogP contribution in [0.1, 0.15) is 73.1 Å². The minimum absolute atomic E-state index is 0.968. The van der Waals surface area contributed by atoms with Crippen LogP contribution in [0.5, 0.6) is 0 Å². The molecule has 0 fully saturated rings. The molecule has 0 saturated carbocycles. The highest BCUT2D eigenvalue weighted by Crippen LogP contribution is 2.12. The fourth-order valence-electron chi connectivity index (χ4n) is 1.19. The van der Waals surface area contributed by atoms with Crippen LogP contribution in [-0.4, -0.2) is 0 Å². The molecule has 0 aliphatic heterocycles. The van der Waals surface area contributed by atoms with E-state index in [0.29, 0.717) is 0 Å². The van der Waals surface area contributed by atoms with E-state index in [1.54, 1.807) is 0 Å². The van der Waals surface area contributed by atoms with Crippen LogP contribution in [0.3, 0.4) is 0 Å². The third kappa shape index (κ3) is 16.5. The molecule has 1 atom stereocenters. The normalized spacial score (nSPS) is 11.8. The largest absolute Gasteiger partial charge is 0.0656 e. The second-order valence-corrected chi connectivity index (χ2v) is 3.74. The molecule has 0 heteroatoms. The highest BCUT2D eigenvalue weighted by Gasteiger charge is 1.97. The summed E-state index contributed by atoms with van der Waals surface area (Å²) in [7, 11) is 0. The number of hydrogen-bond acceptors (Lipinski definition) is 0. The first kappa shape index (κ1) is 14.5. The van der Waals surface area contributed by atoms with Gasteiger partial charge in [0.05, 0.1) is 0 Å². The Balaban J connectivity index is 0. The number of hydrogen-bond donors (Lipinski definition) is 0. The molecule has 0 N–H and O–H groups in total. The smallest absolute Gasteiger partial charge is 0.0443 e. The minimum Gasteiger partial charge on any atom is -0.0656 e. The van der Waals surface area contributed by atoms with Crippen LogP contribution in [0.2, 0.25) is 0 Å². The van der Waals surface area contributed by atoms with Crippen LogP contribution in [0, 0.1) is 5.92 Å². The molecule has 0 radical (unpaired) electrons. The molecule has 0 saturated heterocycles. The van der Waals surface area contributed by atoms with Gasteiger partial charge < -0.3 is 0 Å². The SMILES string of the molecule is CCC.CCCCC(C)CCC. The summed E-state index contributed by atoms with van der Waals surface area (Å²) < 4.78 is 0. The van der Waals surface area contributed by atoms with E-state index in [9.17, 15) is 0 Å². The molecule has 0 aliphatic carbocycles. The lowest BCUT2D eigenvalue weighted by molar-refractivity contribution is 0.466. The molecule has 0 spiro atoms. The summed E-state index contributed by atoms with van der Waals surface area (Å²) in [6, 6.07) is 0. The maximum Gasteiger partial charge on any atom is -0.0443 e. The zero-order chi connectivity index (χ0) is 9.82. The van der Waals surface area contributed by atoms with E-state index in [2.05, 4.69) is 34.6 Å². The van der Waals surface area contributed by atoms with Gasteiger partial charge in [0.2, 0.25) is 0 Å². The average Bonchev–Trinajstić information content (AvgIpc) is 2.03. The van der Waals surface area contributed by atoms with Crippen molar-refractivity contribution in [1.29, 1.82) is 0 Å². The Hall–Kier alpha value is 0. The highest BCUT2D eigenvalue weighted by molar-refractivity contribution is 4.50.